The SMILES string of the molecule is Nc1ccc(S(=O)(=O)NCC2CCC(=O)N2)c([N+](=O)[O-])c1. The lowest BCUT2D eigenvalue weighted by Gasteiger charge is -2.12. The van der Waals surface area contributed by atoms with Crippen molar-refractivity contribution in [3.05, 3.63) is 28.3 Å². The number of nitro benzene ring substituents is 1. The molecule has 10 heteroatoms. The van der Waals surface area contributed by atoms with E-state index in [1.54, 1.807) is 0 Å². The van der Waals surface area contributed by atoms with E-state index >= 15 is 0 Å². The molecule has 1 unspecified atom stereocenters. The Morgan fingerprint density at radius 1 is 1.48 bits per heavy atom. The van der Waals surface area contributed by atoms with Gasteiger partial charge in [0, 0.05) is 30.8 Å². The van der Waals surface area contributed by atoms with E-state index in [0.29, 0.717) is 12.8 Å². The van der Waals surface area contributed by atoms with Crippen LogP contribution in [0.25, 0.3) is 0 Å². The van der Waals surface area contributed by atoms with Gasteiger partial charge >= 0.3 is 0 Å². The average molecular weight is 314 g/mol. The van der Waals surface area contributed by atoms with Crippen molar-refractivity contribution in [2.75, 3.05) is 12.3 Å². The zero-order valence-electron chi connectivity index (χ0n) is 10.9. The number of nitrogens with two attached hydrogens (primary N) is 1. The molecule has 9 nitrogen and oxygen atoms in total. The van der Waals surface area contributed by atoms with Gasteiger partial charge in [0.15, 0.2) is 4.90 Å². The zero-order valence-corrected chi connectivity index (χ0v) is 11.7. The minimum atomic E-state index is -4.06. The van der Waals surface area contributed by atoms with E-state index in [-0.39, 0.29) is 24.2 Å². The zero-order chi connectivity index (χ0) is 15.6. The van der Waals surface area contributed by atoms with Gasteiger partial charge in [-0.3, -0.25) is 14.9 Å². The van der Waals surface area contributed by atoms with Crippen LogP contribution < -0.4 is 15.8 Å². The van der Waals surface area contributed by atoms with E-state index in [4.69, 9.17) is 5.73 Å². The molecule has 2 rings (SSSR count). The number of hydrogen-bond acceptors (Lipinski definition) is 6. The average Bonchev–Trinajstić information content (AvgIpc) is 2.82. The third kappa shape index (κ3) is 3.47. The van der Waals surface area contributed by atoms with Gasteiger partial charge in [-0.2, -0.15) is 0 Å². The Morgan fingerprint density at radius 3 is 2.76 bits per heavy atom. The minimum Gasteiger partial charge on any atom is -0.399 e. The lowest BCUT2D eigenvalue weighted by Crippen LogP contribution is -2.38. The number of nitrogens with one attached hydrogen (secondary N) is 2. The van der Waals surface area contributed by atoms with Crippen molar-refractivity contribution < 1.29 is 18.1 Å². The summed E-state index contributed by atoms with van der Waals surface area (Å²) in [6.45, 7) is -0.0182. The summed E-state index contributed by atoms with van der Waals surface area (Å²) in [6.07, 6.45) is 0.861. The molecule has 1 aliphatic rings. The first-order valence-corrected chi connectivity index (χ1v) is 7.61. The molecule has 1 aromatic carbocycles. The van der Waals surface area contributed by atoms with Gasteiger partial charge in [0.25, 0.3) is 5.69 Å². The van der Waals surface area contributed by atoms with Crippen LogP contribution in [0.5, 0.6) is 0 Å². The van der Waals surface area contributed by atoms with E-state index in [1.807, 2.05) is 0 Å². The fourth-order valence-electron chi connectivity index (χ4n) is 2.02. The van der Waals surface area contributed by atoms with Crippen LogP contribution in [0.15, 0.2) is 23.1 Å². The van der Waals surface area contributed by atoms with Crippen LogP contribution in [0.3, 0.4) is 0 Å². The van der Waals surface area contributed by atoms with E-state index in [0.717, 1.165) is 12.1 Å². The first kappa shape index (κ1) is 15.2. The lowest BCUT2D eigenvalue weighted by molar-refractivity contribution is -0.387. The third-order valence-electron chi connectivity index (χ3n) is 3.07. The second kappa shape index (κ2) is 5.66. The van der Waals surface area contributed by atoms with Crippen molar-refractivity contribution in [3.8, 4) is 0 Å². The van der Waals surface area contributed by atoms with E-state index in [2.05, 4.69) is 10.0 Å². The molecule has 1 aliphatic heterocycles. The van der Waals surface area contributed by atoms with Gasteiger partial charge in [-0.25, -0.2) is 13.1 Å². The summed E-state index contributed by atoms with van der Waals surface area (Å²) in [6, 6.07) is 3.05. The van der Waals surface area contributed by atoms with Crippen LogP contribution in [0.4, 0.5) is 11.4 Å². The number of carbonyl (C=O) groups excluding carboxylic acids is 1. The van der Waals surface area contributed by atoms with Crippen molar-refractivity contribution in [2.45, 2.75) is 23.8 Å². The molecule has 0 saturated carbocycles. The molecule has 1 amide bonds. The molecule has 1 saturated heterocycles. The van der Waals surface area contributed by atoms with Crippen LogP contribution in [0, 0.1) is 10.1 Å². The van der Waals surface area contributed by atoms with Gasteiger partial charge in [-0.15, -0.1) is 0 Å². The summed E-state index contributed by atoms with van der Waals surface area (Å²) in [7, 11) is -4.06. The van der Waals surface area contributed by atoms with E-state index < -0.39 is 25.5 Å². The molecular formula is C11H14N4O5S. The van der Waals surface area contributed by atoms with Crippen LogP contribution in [-0.2, 0) is 14.8 Å². The Labute approximate surface area is 120 Å². The molecule has 0 spiro atoms. The number of sulfonamides is 1. The van der Waals surface area contributed by atoms with Crippen molar-refractivity contribution in [3.63, 3.8) is 0 Å². The summed E-state index contributed by atoms with van der Waals surface area (Å²) < 4.78 is 26.5. The van der Waals surface area contributed by atoms with Crippen LogP contribution in [0.1, 0.15) is 12.8 Å². The molecule has 0 radical (unpaired) electrons. The van der Waals surface area contributed by atoms with Crippen LogP contribution in [0.2, 0.25) is 0 Å². The number of amides is 1. The third-order valence-corrected chi connectivity index (χ3v) is 4.54. The maximum atomic E-state index is 12.1. The molecule has 114 valence electrons. The first-order chi connectivity index (χ1) is 9.79. The van der Waals surface area contributed by atoms with Gasteiger partial charge in [0.2, 0.25) is 15.9 Å². The number of benzene rings is 1. The van der Waals surface area contributed by atoms with Crippen LogP contribution in [-0.4, -0.2) is 31.8 Å². The van der Waals surface area contributed by atoms with Gasteiger partial charge < -0.3 is 11.1 Å². The summed E-state index contributed by atoms with van der Waals surface area (Å²) in [5.41, 5.74) is 4.95. The van der Waals surface area contributed by atoms with E-state index in [1.165, 1.54) is 6.07 Å². The standard InChI is InChI=1S/C11H14N4O5S/c12-7-1-3-10(9(5-7)15(17)18)21(19,20)13-6-8-2-4-11(16)14-8/h1,3,5,8,13H,2,4,6,12H2,(H,14,16). The molecule has 0 bridgehead atoms. The Hall–Kier alpha value is -2.20. The predicted octanol–water partition coefficient (Wildman–Crippen LogP) is -0.266. The highest BCUT2D eigenvalue weighted by molar-refractivity contribution is 7.89. The number of rotatable bonds is 5. The topological polar surface area (TPSA) is 144 Å². The second-order valence-electron chi connectivity index (χ2n) is 4.64. The second-order valence-corrected chi connectivity index (χ2v) is 6.37. The molecular weight excluding hydrogens is 300 g/mol. The fraction of sp³-hybridized carbons (Fsp3) is 0.364. The molecule has 4 N–H and O–H groups in total. The van der Waals surface area contributed by atoms with Gasteiger partial charge in [0.1, 0.15) is 0 Å². The Morgan fingerprint density at radius 2 is 2.19 bits per heavy atom. The molecule has 1 atom stereocenters. The van der Waals surface area contributed by atoms with Crippen molar-refractivity contribution in [2.24, 2.45) is 0 Å². The number of nitrogens with zero attached hydrogens (tertiary/aromatic N) is 1. The maximum absolute atomic E-state index is 12.1. The van der Waals surface area contributed by atoms with E-state index in [9.17, 15) is 23.3 Å². The highest BCUT2D eigenvalue weighted by Gasteiger charge is 2.28. The largest absolute Gasteiger partial charge is 0.399 e. The number of carbonyl (C=O) groups is 1. The quantitative estimate of drug-likeness (QED) is 0.388. The minimum absolute atomic E-state index is 0.0182. The summed E-state index contributed by atoms with van der Waals surface area (Å²) in [5.74, 6) is -0.141. The molecule has 1 heterocycles. The van der Waals surface area contributed by atoms with Crippen molar-refractivity contribution >= 4 is 27.3 Å². The Kier molecular flexibility index (Phi) is 4.09. The number of nitro groups is 1. The molecule has 0 aliphatic carbocycles. The Balaban J connectivity index is 2.19. The number of anilines is 1. The monoisotopic (exact) mass is 314 g/mol. The summed E-state index contributed by atoms with van der Waals surface area (Å²) in [5, 5.41) is 13.5. The first-order valence-electron chi connectivity index (χ1n) is 6.12. The molecule has 1 aromatic rings. The molecule has 0 aromatic heterocycles. The Bertz CT molecular complexity index is 688. The van der Waals surface area contributed by atoms with Gasteiger partial charge in [0.05, 0.1) is 4.92 Å². The van der Waals surface area contributed by atoms with Crippen LogP contribution >= 0.6 is 0 Å². The normalized spacial score (nSPS) is 18.5. The lowest BCUT2D eigenvalue weighted by atomic mass is 10.2. The molecule has 1 fully saturated rings. The maximum Gasteiger partial charge on any atom is 0.291 e. The predicted molar refractivity (Wildman–Crippen MR) is 73.9 cm³/mol. The van der Waals surface area contributed by atoms with Crippen molar-refractivity contribution in [1.29, 1.82) is 0 Å². The van der Waals surface area contributed by atoms with Crippen molar-refractivity contribution in [1.82, 2.24) is 10.0 Å². The summed E-state index contributed by atoms with van der Waals surface area (Å²) in [4.78, 5) is 20.7. The van der Waals surface area contributed by atoms with Gasteiger partial charge in [-0.1, -0.05) is 0 Å². The summed E-state index contributed by atoms with van der Waals surface area (Å²) >= 11 is 0. The molecule has 21 heavy (non-hydrogen) atoms. The van der Waals surface area contributed by atoms with Gasteiger partial charge in [-0.05, 0) is 18.6 Å². The smallest absolute Gasteiger partial charge is 0.291 e. The highest BCUT2D eigenvalue weighted by atomic mass is 32.2. The number of hydrogen-bond donors (Lipinski definition) is 3. The number of nitrogen functional groups attached to an aromatic ring is 1. The fourth-order valence-corrected chi connectivity index (χ4v) is 3.25. The highest BCUT2D eigenvalue weighted by Crippen LogP contribution is 2.25.